The van der Waals surface area contributed by atoms with Gasteiger partial charge in [-0.2, -0.15) is 0 Å². The molecular weight excluding hydrogens is 304 g/mol. The number of hydrogen-bond donors (Lipinski definition) is 1. The molecule has 5 nitrogen and oxygen atoms in total. The van der Waals surface area contributed by atoms with Crippen molar-refractivity contribution in [1.82, 2.24) is 9.80 Å². The standard InChI is InChI=1S/C19H26N2O3/c1-14-7-8-16(17(22)12-14)19(24)21-11-5-6-15(13-21)18(23)20-9-3-2-4-10-20/h7-8,12,15,22H,2-6,9-11,13H2,1H3/t15-/m1/s1. The maximum Gasteiger partial charge on any atom is 0.257 e. The predicted octanol–water partition coefficient (Wildman–Crippen LogP) is 2.57. The van der Waals surface area contributed by atoms with E-state index in [0.717, 1.165) is 44.3 Å². The molecule has 1 N–H and O–H groups in total. The van der Waals surface area contributed by atoms with E-state index in [1.54, 1.807) is 17.0 Å². The largest absolute Gasteiger partial charge is 0.507 e. The Bertz CT molecular complexity index is 623. The van der Waals surface area contributed by atoms with Crippen LogP contribution in [-0.4, -0.2) is 52.9 Å². The first-order valence-electron chi connectivity index (χ1n) is 8.94. The van der Waals surface area contributed by atoms with Gasteiger partial charge < -0.3 is 14.9 Å². The van der Waals surface area contributed by atoms with Crippen molar-refractivity contribution in [3.05, 3.63) is 29.3 Å². The Labute approximate surface area is 143 Å². The number of carbonyl (C=O) groups is 2. The van der Waals surface area contributed by atoms with Crippen LogP contribution in [0.15, 0.2) is 18.2 Å². The summed E-state index contributed by atoms with van der Waals surface area (Å²) in [7, 11) is 0. The van der Waals surface area contributed by atoms with Crippen molar-refractivity contribution in [3.8, 4) is 5.75 Å². The van der Waals surface area contributed by atoms with E-state index in [2.05, 4.69) is 0 Å². The summed E-state index contributed by atoms with van der Waals surface area (Å²) < 4.78 is 0. The van der Waals surface area contributed by atoms with E-state index in [9.17, 15) is 14.7 Å². The second-order valence-corrected chi connectivity index (χ2v) is 7.00. The molecule has 24 heavy (non-hydrogen) atoms. The van der Waals surface area contributed by atoms with Crippen LogP contribution in [0.3, 0.4) is 0 Å². The predicted molar refractivity (Wildman–Crippen MR) is 91.9 cm³/mol. The van der Waals surface area contributed by atoms with Crippen molar-refractivity contribution < 1.29 is 14.7 Å². The van der Waals surface area contributed by atoms with Crippen LogP contribution in [0.5, 0.6) is 5.75 Å². The molecule has 1 aromatic rings. The number of amides is 2. The number of likely N-dealkylation sites (tertiary alicyclic amines) is 2. The molecule has 1 aromatic carbocycles. The lowest BCUT2D eigenvalue weighted by Crippen LogP contribution is -2.47. The average molecular weight is 330 g/mol. The Morgan fingerprint density at radius 2 is 1.75 bits per heavy atom. The highest BCUT2D eigenvalue weighted by Crippen LogP contribution is 2.25. The highest BCUT2D eigenvalue weighted by molar-refractivity contribution is 5.97. The van der Waals surface area contributed by atoms with Crippen molar-refractivity contribution in [1.29, 1.82) is 0 Å². The van der Waals surface area contributed by atoms with E-state index in [1.165, 1.54) is 6.42 Å². The number of piperidine rings is 2. The Morgan fingerprint density at radius 3 is 2.46 bits per heavy atom. The molecule has 2 fully saturated rings. The van der Waals surface area contributed by atoms with Gasteiger partial charge in [0.15, 0.2) is 0 Å². The van der Waals surface area contributed by atoms with E-state index in [4.69, 9.17) is 0 Å². The number of rotatable bonds is 2. The number of aromatic hydroxyl groups is 1. The van der Waals surface area contributed by atoms with Crippen LogP contribution in [0.4, 0.5) is 0 Å². The van der Waals surface area contributed by atoms with E-state index in [1.807, 2.05) is 17.9 Å². The zero-order chi connectivity index (χ0) is 17.1. The summed E-state index contributed by atoms with van der Waals surface area (Å²) in [6, 6.07) is 5.10. The highest BCUT2D eigenvalue weighted by atomic mass is 16.3. The fourth-order valence-corrected chi connectivity index (χ4v) is 3.73. The average Bonchev–Trinajstić information content (AvgIpc) is 2.61. The third-order valence-corrected chi connectivity index (χ3v) is 5.11. The van der Waals surface area contributed by atoms with Crippen LogP contribution >= 0.6 is 0 Å². The molecule has 2 saturated heterocycles. The molecule has 2 heterocycles. The molecule has 0 aliphatic carbocycles. The third kappa shape index (κ3) is 3.55. The van der Waals surface area contributed by atoms with Gasteiger partial charge in [0.05, 0.1) is 11.5 Å². The fraction of sp³-hybridized carbons (Fsp3) is 0.579. The molecule has 2 amide bonds. The van der Waals surface area contributed by atoms with Gasteiger partial charge >= 0.3 is 0 Å². The van der Waals surface area contributed by atoms with Gasteiger partial charge in [-0.15, -0.1) is 0 Å². The van der Waals surface area contributed by atoms with Crippen molar-refractivity contribution in [3.63, 3.8) is 0 Å². The van der Waals surface area contributed by atoms with Crippen LogP contribution < -0.4 is 0 Å². The van der Waals surface area contributed by atoms with Gasteiger partial charge in [-0.05, 0) is 56.7 Å². The molecule has 2 aliphatic rings. The minimum absolute atomic E-state index is 0.0180. The van der Waals surface area contributed by atoms with Gasteiger partial charge in [-0.1, -0.05) is 6.07 Å². The minimum Gasteiger partial charge on any atom is -0.507 e. The second-order valence-electron chi connectivity index (χ2n) is 7.00. The van der Waals surface area contributed by atoms with Crippen molar-refractivity contribution >= 4 is 11.8 Å². The highest BCUT2D eigenvalue weighted by Gasteiger charge is 2.32. The van der Waals surface area contributed by atoms with Crippen LogP contribution in [0.25, 0.3) is 0 Å². The number of benzene rings is 1. The summed E-state index contributed by atoms with van der Waals surface area (Å²) in [5.74, 6) is -0.0677. The number of phenolic OH excluding ortho intramolecular Hbond substituents is 1. The minimum atomic E-state index is -0.177. The normalized spacial score (nSPS) is 21.6. The topological polar surface area (TPSA) is 60.9 Å². The molecule has 2 aliphatic heterocycles. The van der Waals surface area contributed by atoms with Gasteiger partial charge in [0, 0.05) is 26.2 Å². The quantitative estimate of drug-likeness (QED) is 0.906. The smallest absolute Gasteiger partial charge is 0.257 e. The van der Waals surface area contributed by atoms with Crippen LogP contribution in [-0.2, 0) is 4.79 Å². The third-order valence-electron chi connectivity index (χ3n) is 5.11. The summed E-state index contributed by atoms with van der Waals surface area (Å²) in [6.07, 6.45) is 5.05. The summed E-state index contributed by atoms with van der Waals surface area (Å²) in [4.78, 5) is 29.1. The molecule has 130 valence electrons. The second kappa shape index (κ2) is 7.24. The van der Waals surface area contributed by atoms with Gasteiger partial charge in [0.1, 0.15) is 5.75 Å². The molecule has 1 atom stereocenters. The van der Waals surface area contributed by atoms with Gasteiger partial charge in [0.25, 0.3) is 5.91 Å². The Balaban J connectivity index is 1.68. The monoisotopic (exact) mass is 330 g/mol. The van der Waals surface area contributed by atoms with E-state index >= 15 is 0 Å². The lowest BCUT2D eigenvalue weighted by Gasteiger charge is -2.36. The van der Waals surface area contributed by atoms with Gasteiger partial charge in [0.2, 0.25) is 5.91 Å². The van der Waals surface area contributed by atoms with Crippen molar-refractivity contribution in [2.75, 3.05) is 26.2 Å². The fourth-order valence-electron chi connectivity index (χ4n) is 3.73. The molecule has 0 unspecified atom stereocenters. The maximum absolute atomic E-state index is 12.7. The molecule has 0 radical (unpaired) electrons. The molecule has 0 saturated carbocycles. The lowest BCUT2D eigenvalue weighted by atomic mass is 9.94. The first-order chi connectivity index (χ1) is 11.6. The zero-order valence-corrected chi connectivity index (χ0v) is 14.3. The van der Waals surface area contributed by atoms with Crippen LogP contribution in [0.1, 0.15) is 48.0 Å². The number of hydrogen-bond acceptors (Lipinski definition) is 3. The number of phenols is 1. The molecule has 3 rings (SSSR count). The molecule has 0 bridgehead atoms. The Kier molecular flexibility index (Phi) is 5.07. The first kappa shape index (κ1) is 16.8. The number of carbonyl (C=O) groups excluding carboxylic acids is 2. The van der Waals surface area contributed by atoms with Crippen molar-refractivity contribution in [2.24, 2.45) is 5.92 Å². The summed E-state index contributed by atoms with van der Waals surface area (Å²) in [6.45, 7) is 4.68. The van der Waals surface area contributed by atoms with Crippen LogP contribution in [0, 0.1) is 12.8 Å². The van der Waals surface area contributed by atoms with Crippen molar-refractivity contribution in [2.45, 2.75) is 39.0 Å². The number of nitrogens with zero attached hydrogens (tertiary/aromatic N) is 2. The molecule has 0 aromatic heterocycles. The van der Waals surface area contributed by atoms with E-state index < -0.39 is 0 Å². The zero-order valence-electron chi connectivity index (χ0n) is 14.3. The van der Waals surface area contributed by atoms with Crippen LogP contribution in [0.2, 0.25) is 0 Å². The first-order valence-corrected chi connectivity index (χ1v) is 8.94. The molecule has 5 heteroatoms. The lowest BCUT2D eigenvalue weighted by molar-refractivity contribution is -0.137. The SMILES string of the molecule is Cc1ccc(C(=O)N2CCC[C@@H](C(=O)N3CCCCC3)C2)c(O)c1. The summed E-state index contributed by atoms with van der Waals surface area (Å²) in [5, 5.41) is 10.0. The van der Waals surface area contributed by atoms with E-state index in [0.29, 0.717) is 18.7 Å². The molecule has 0 spiro atoms. The summed E-state index contributed by atoms with van der Waals surface area (Å²) >= 11 is 0. The summed E-state index contributed by atoms with van der Waals surface area (Å²) in [5.41, 5.74) is 1.24. The molecular formula is C19H26N2O3. The van der Waals surface area contributed by atoms with Gasteiger partial charge in [-0.25, -0.2) is 0 Å². The Hall–Kier alpha value is -2.04. The Morgan fingerprint density at radius 1 is 1.04 bits per heavy atom. The van der Waals surface area contributed by atoms with Gasteiger partial charge in [-0.3, -0.25) is 9.59 Å². The van der Waals surface area contributed by atoms with E-state index in [-0.39, 0.29) is 23.5 Å². The number of aryl methyl sites for hydroxylation is 1. The maximum atomic E-state index is 12.7.